The lowest BCUT2D eigenvalue weighted by Crippen LogP contribution is -2.17. The van der Waals surface area contributed by atoms with Gasteiger partial charge in [-0.2, -0.15) is 0 Å². The van der Waals surface area contributed by atoms with E-state index in [4.69, 9.17) is 20.1 Å². The number of fused-ring (bicyclic) bond motifs is 1. The summed E-state index contributed by atoms with van der Waals surface area (Å²) < 4.78 is 57.2. The van der Waals surface area contributed by atoms with Crippen LogP contribution < -0.4 is 15.8 Å². The van der Waals surface area contributed by atoms with Crippen molar-refractivity contribution in [1.82, 2.24) is 4.98 Å². The lowest BCUT2D eigenvalue weighted by Gasteiger charge is -2.17. The van der Waals surface area contributed by atoms with Gasteiger partial charge < -0.3 is 15.8 Å². The number of methoxy groups -OCH3 is 1. The van der Waals surface area contributed by atoms with Gasteiger partial charge in [-0.1, -0.05) is 6.07 Å². The molecule has 3 N–H and O–H groups in total. The SMILES string of the molecule is [2H]C([2H])([2H])Oc1cc(NC(C)CC([2H])([2H])C([2H])([2H])N)c2ncccc2c1. The Labute approximate surface area is 123 Å². The van der Waals surface area contributed by atoms with E-state index in [0.717, 1.165) is 0 Å². The third-order valence-electron chi connectivity index (χ3n) is 2.71. The number of anilines is 1. The maximum absolute atomic E-state index is 7.81. The number of nitrogens with two attached hydrogens (primary N) is 1. The highest BCUT2D eigenvalue weighted by molar-refractivity contribution is 5.91. The molecule has 102 valence electrons. The Hall–Kier alpha value is -1.81. The van der Waals surface area contributed by atoms with E-state index in [2.05, 4.69) is 10.3 Å². The molecular weight excluding hydrogens is 238 g/mol. The summed E-state index contributed by atoms with van der Waals surface area (Å²) in [7, 11) is -2.61. The molecule has 1 heterocycles. The van der Waals surface area contributed by atoms with Crippen LogP contribution in [0.3, 0.4) is 0 Å². The number of rotatable bonds is 6. The summed E-state index contributed by atoms with van der Waals surface area (Å²) in [6, 6.07) is 5.99. The molecule has 0 spiro atoms. The molecule has 0 aliphatic carbocycles. The Morgan fingerprint density at radius 2 is 2.47 bits per heavy atom. The second-order valence-electron chi connectivity index (χ2n) is 4.22. The number of benzene rings is 1. The monoisotopic (exact) mass is 266 g/mol. The number of aromatic nitrogens is 1. The summed E-state index contributed by atoms with van der Waals surface area (Å²) in [5.41, 5.74) is 6.30. The summed E-state index contributed by atoms with van der Waals surface area (Å²) in [6.45, 7) is -0.814. The van der Waals surface area contributed by atoms with Crippen molar-refractivity contribution >= 4 is 16.6 Å². The molecule has 1 aromatic heterocycles. The topological polar surface area (TPSA) is 60.2 Å². The van der Waals surface area contributed by atoms with E-state index in [-0.39, 0.29) is 12.2 Å². The maximum Gasteiger partial charge on any atom is 0.121 e. The first-order valence-electron chi connectivity index (χ1n) is 9.42. The zero-order valence-corrected chi connectivity index (χ0v) is 10.6. The first kappa shape index (κ1) is 7.10. The van der Waals surface area contributed by atoms with Crippen LogP contribution in [0.15, 0.2) is 30.5 Å². The van der Waals surface area contributed by atoms with Gasteiger partial charge in [-0.05, 0) is 38.3 Å². The van der Waals surface area contributed by atoms with E-state index in [0.29, 0.717) is 16.6 Å². The molecule has 0 saturated carbocycles. The van der Waals surface area contributed by atoms with E-state index in [9.17, 15) is 0 Å². The van der Waals surface area contributed by atoms with E-state index >= 15 is 0 Å². The highest BCUT2D eigenvalue weighted by Gasteiger charge is 2.08. The second-order valence-corrected chi connectivity index (χ2v) is 4.22. The zero-order chi connectivity index (χ0) is 19.8. The lowest BCUT2D eigenvalue weighted by molar-refractivity contribution is 0.415. The van der Waals surface area contributed by atoms with E-state index in [1.807, 2.05) is 0 Å². The summed E-state index contributed by atoms with van der Waals surface area (Å²) in [5.74, 6) is 0.123. The van der Waals surface area contributed by atoms with Gasteiger partial charge in [0.15, 0.2) is 0 Å². The fraction of sp³-hybridized carbons (Fsp3) is 0.400. The summed E-state index contributed by atoms with van der Waals surface area (Å²) in [5, 5.41) is 3.70. The molecule has 4 nitrogen and oxygen atoms in total. The lowest BCUT2D eigenvalue weighted by atomic mass is 10.1. The molecule has 1 atom stereocenters. The number of nitrogens with one attached hydrogen (secondary N) is 1. The minimum absolute atomic E-state index is 0.123. The van der Waals surface area contributed by atoms with Gasteiger partial charge >= 0.3 is 0 Å². The van der Waals surface area contributed by atoms with Gasteiger partial charge in [0.2, 0.25) is 0 Å². The van der Waals surface area contributed by atoms with Crippen molar-refractivity contribution in [3.63, 3.8) is 0 Å². The quantitative estimate of drug-likeness (QED) is 0.844. The number of pyridine rings is 1. The number of ether oxygens (including phenoxy) is 1. The highest BCUT2D eigenvalue weighted by atomic mass is 16.5. The zero-order valence-electron chi connectivity index (χ0n) is 17.6. The fourth-order valence-electron chi connectivity index (χ4n) is 1.86. The van der Waals surface area contributed by atoms with Gasteiger partial charge in [0, 0.05) is 29.2 Å². The molecule has 0 amide bonds. The molecule has 2 aromatic rings. The molecule has 4 heteroatoms. The summed E-state index contributed by atoms with van der Waals surface area (Å²) in [6.07, 6.45) is -0.870. The molecule has 0 aliphatic heterocycles. The average molecular weight is 266 g/mol. The average Bonchev–Trinajstić information content (AvgIpc) is 2.43. The molecule has 0 aliphatic rings. The number of hydrogen-bond donors (Lipinski definition) is 2. The van der Waals surface area contributed by atoms with Crippen LogP contribution in [0.1, 0.15) is 29.3 Å². The maximum atomic E-state index is 7.81. The molecule has 1 unspecified atom stereocenters. The van der Waals surface area contributed by atoms with Gasteiger partial charge in [-0.15, -0.1) is 0 Å². The van der Waals surface area contributed by atoms with Crippen molar-refractivity contribution in [3.8, 4) is 5.75 Å². The smallest absolute Gasteiger partial charge is 0.121 e. The van der Waals surface area contributed by atoms with Gasteiger partial charge in [-0.3, -0.25) is 4.98 Å². The van der Waals surface area contributed by atoms with E-state index < -0.39 is 25.9 Å². The number of hydrogen-bond acceptors (Lipinski definition) is 4. The van der Waals surface area contributed by atoms with Crippen LogP contribution in [0.4, 0.5) is 5.69 Å². The third kappa shape index (κ3) is 3.35. The van der Waals surface area contributed by atoms with Crippen molar-refractivity contribution in [2.45, 2.75) is 25.8 Å². The highest BCUT2D eigenvalue weighted by Crippen LogP contribution is 2.28. The van der Waals surface area contributed by atoms with Crippen LogP contribution in [0, 0.1) is 0 Å². The Bertz CT molecular complexity index is 774. The van der Waals surface area contributed by atoms with E-state index in [1.165, 1.54) is 6.07 Å². The van der Waals surface area contributed by atoms with Gasteiger partial charge in [0.1, 0.15) is 5.75 Å². The molecule has 0 saturated heterocycles. The van der Waals surface area contributed by atoms with Crippen LogP contribution >= 0.6 is 0 Å². The minimum Gasteiger partial charge on any atom is -0.497 e. The molecular formula is C15H21N3O. The van der Waals surface area contributed by atoms with Gasteiger partial charge in [0.25, 0.3) is 0 Å². The number of nitrogens with zero attached hydrogens (tertiary/aromatic N) is 1. The van der Waals surface area contributed by atoms with Crippen LogP contribution in [0.25, 0.3) is 10.9 Å². The molecule has 0 bridgehead atoms. The van der Waals surface area contributed by atoms with Gasteiger partial charge in [-0.25, -0.2) is 0 Å². The van der Waals surface area contributed by atoms with Crippen molar-refractivity contribution in [1.29, 1.82) is 0 Å². The molecule has 1 aromatic carbocycles. The summed E-state index contributed by atoms with van der Waals surface area (Å²) >= 11 is 0. The Morgan fingerprint density at radius 1 is 1.58 bits per heavy atom. The van der Waals surface area contributed by atoms with Crippen molar-refractivity contribution in [2.75, 3.05) is 18.9 Å². The first-order chi connectivity index (χ1) is 11.8. The largest absolute Gasteiger partial charge is 0.497 e. The van der Waals surface area contributed by atoms with Crippen LogP contribution in [0.5, 0.6) is 5.75 Å². The minimum atomic E-state index is -2.61. The second kappa shape index (κ2) is 6.38. The Kier molecular flexibility index (Phi) is 2.39. The Balaban J connectivity index is 2.33. The standard InChI is InChI=1S/C15H21N3O/c1-11(5-3-7-16)18-14-10-13(19-2)9-12-6-4-8-17-15(12)14/h4,6,8-11,18H,3,5,7,16H2,1-2H3/i2D3,3D2,7D2. The normalized spacial score (nSPS) is 20.0. The molecule has 19 heavy (non-hydrogen) atoms. The molecule has 0 fully saturated rings. The van der Waals surface area contributed by atoms with Crippen molar-refractivity contribution in [3.05, 3.63) is 30.5 Å². The predicted molar refractivity (Wildman–Crippen MR) is 79.7 cm³/mol. The molecule has 2 rings (SSSR count). The first-order valence-corrected chi connectivity index (χ1v) is 5.92. The van der Waals surface area contributed by atoms with Crippen molar-refractivity contribution in [2.24, 2.45) is 5.73 Å². The van der Waals surface area contributed by atoms with Gasteiger partial charge in [0.05, 0.1) is 22.4 Å². The van der Waals surface area contributed by atoms with Crippen molar-refractivity contribution < 1.29 is 14.3 Å². The van der Waals surface area contributed by atoms with Crippen LogP contribution in [-0.2, 0) is 0 Å². The molecule has 0 radical (unpaired) electrons. The Morgan fingerprint density at radius 3 is 3.26 bits per heavy atom. The summed E-state index contributed by atoms with van der Waals surface area (Å²) in [4.78, 5) is 4.27. The third-order valence-corrected chi connectivity index (χ3v) is 2.71. The fourth-order valence-corrected chi connectivity index (χ4v) is 1.86. The van der Waals surface area contributed by atoms with Crippen LogP contribution in [0.2, 0.25) is 0 Å². The predicted octanol–water partition coefficient (Wildman–Crippen LogP) is 2.78. The van der Waals surface area contributed by atoms with Crippen LogP contribution in [-0.4, -0.2) is 24.6 Å². The van der Waals surface area contributed by atoms with E-state index in [1.54, 1.807) is 31.3 Å².